The van der Waals surface area contributed by atoms with E-state index in [2.05, 4.69) is 10.5 Å². The normalized spacial score (nSPS) is 17.4. The maximum absolute atomic E-state index is 12.3. The summed E-state index contributed by atoms with van der Waals surface area (Å²) in [5.41, 5.74) is 8.15. The molecule has 0 amide bonds. The summed E-state index contributed by atoms with van der Waals surface area (Å²) in [6.07, 6.45) is 2.94. The molecule has 1 aromatic heterocycles. The SMILES string of the molecule is COc1ccc([C@H]2CC(c3c(C)cc4oc(=O)c5c(c4c3O)CCC5)=NN2)c(OC)c1. The molecule has 0 fully saturated rings. The first-order chi connectivity index (χ1) is 15.0. The van der Waals surface area contributed by atoms with Crippen LogP contribution in [-0.2, 0) is 12.8 Å². The Kier molecular flexibility index (Phi) is 4.61. The summed E-state index contributed by atoms with van der Waals surface area (Å²) < 4.78 is 16.4. The zero-order valence-electron chi connectivity index (χ0n) is 17.7. The van der Waals surface area contributed by atoms with E-state index in [-0.39, 0.29) is 17.4 Å². The van der Waals surface area contributed by atoms with Crippen molar-refractivity contribution in [2.45, 2.75) is 38.6 Å². The van der Waals surface area contributed by atoms with Gasteiger partial charge in [0.1, 0.15) is 22.8 Å². The molecular weight excluding hydrogens is 396 g/mol. The highest BCUT2D eigenvalue weighted by Gasteiger charge is 2.30. The lowest BCUT2D eigenvalue weighted by Crippen LogP contribution is -2.12. The van der Waals surface area contributed by atoms with E-state index in [1.165, 1.54) is 0 Å². The quantitative estimate of drug-likeness (QED) is 0.625. The first-order valence-electron chi connectivity index (χ1n) is 10.4. The van der Waals surface area contributed by atoms with E-state index < -0.39 is 0 Å². The van der Waals surface area contributed by atoms with Gasteiger partial charge >= 0.3 is 5.63 Å². The topological polar surface area (TPSA) is 93.3 Å². The van der Waals surface area contributed by atoms with Gasteiger partial charge in [0.2, 0.25) is 0 Å². The molecule has 0 unspecified atom stereocenters. The zero-order valence-corrected chi connectivity index (χ0v) is 17.7. The Hall–Kier alpha value is -3.48. The van der Waals surface area contributed by atoms with Crippen LogP contribution in [-0.4, -0.2) is 25.0 Å². The maximum atomic E-state index is 12.3. The van der Waals surface area contributed by atoms with Crippen LogP contribution < -0.4 is 20.5 Å². The van der Waals surface area contributed by atoms with E-state index in [1.54, 1.807) is 14.2 Å². The second kappa shape index (κ2) is 7.34. The third kappa shape index (κ3) is 3.03. The van der Waals surface area contributed by atoms with Gasteiger partial charge in [-0.15, -0.1) is 0 Å². The highest BCUT2D eigenvalue weighted by atomic mass is 16.5. The fourth-order valence-corrected chi connectivity index (χ4v) is 4.80. The molecule has 0 saturated carbocycles. The van der Waals surface area contributed by atoms with Crippen molar-refractivity contribution in [1.82, 2.24) is 5.43 Å². The smallest absolute Gasteiger partial charge is 0.339 e. The number of benzene rings is 2. The van der Waals surface area contributed by atoms with Gasteiger partial charge in [-0.25, -0.2) is 4.79 Å². The van der Waals surface area contributed by atoms with Crippen molar-refractivity contribution in [3.63, 3.8) is 0 Å². The first-order valence-corrected chi connectivity index (χ1v) is 10.4. The Morgan fingerprint density at radius 1 is 1.16 bits per heavy atom. The average Bonchev–Trinajstić information content (AvgIpc) is 3.43. The number of aryl methyl sites for hydroxylation is 2. The number of ether oxygens (including phenoxy) is 2. The van der Waals surface area contributed by atoms with E-state index in [1.807, 2.05) is 31.2 Å². The second-order valence-corrected chi connectivity index (χ2v) is 8.04. The Morgan fingerprint density at radius 2 is 1.97 bits per heavy atom. The molecule has 1 aliphatic carbocycles. The van der Waals surface area contributed by atoms with Crippen molar-refractivity contribution in [2.24, 2.45) is 5.10 Å². The predicted molar refractivity (Wildman–Crippen MR) is 117 cm³/mol. The standard InChI is InChI=1S/C24H24N2O5/c1-12-9-20-22(14-5-4-6-15(14)24(28)31-20)23(27)21(12)18-11-17(25-26-18)16-8-7-13(29-2)10-19(16)30-3/h7-10,17,25,27H,4-6,11H2,1-3H3/t17-/m1/s1. The number of nitrogens with one attached hydrogen (secondary N) is 1. The van der Waals surface area contributed by atoms with E-state index in [4.69, 9.17) is 13.9 Å². The van der Waals surface area contributed by atoms with Crippen molar-refractivity contribution >= 4 is 16.7 Å². The summed E-state index contributed by atoms with van der Waals surface area (Å²) in [5, 5.41) is 16.4. The van der Waals surface area contributed by atoms with Crippen LogP contribution in [0, 0.1) is 6.92 Å². The molecule has 1 atom stereocenters. The van der Waals surface area contributed by atoms with Gasteiger partial charge in [0.05, 0.1) is 31.4 Å². The minimum atomic E-state index is -0.293. The highest BCUT2D eigenvalue weighted by Crippen LogP contribution is 2.40. The fraction of sp³-hybridized carbons (Fsp3) is 0.333. The monoisotopic (exact) mass is 420 g/mol. The summed E-state index contributed by atoms with van der Waals surface area (Å²) in [4.78, 5) is 12.3. The molecule has 7 heteroatoms. The van der Waals surface area contributed by atoms with Crippen molar-refractivity contribution in [3.8, 4) is 17.2 Å². The number of nitrogens with zero attached hydrogens (tertiary/aromatic N) is 1. The largest absolute Gasteiger partial charge is 0.506 e. The van der Waals surface area contributed by atoms with Gasteiger partial charge in [0.25, 0.3) is 0 Å². The van der Waals surface area contributed by atoms with Crippen LogP contribution in [0.1, 0.15) is 46.7 Å². The number of hydrogen-bond donors (Lipinski definition) is 2. The van der Waals surface area contributed by atoms with Gasteiger partial charge in [-0.05, 0) is 55.5 Å². The number of rotatable bonds is 4. The van der Waals surface area contributed by atoms with Crippen molar-refractivity contribution < 1.29 is 19.0 Å². The number of fused-ring (bicyclic) bond motifs is 3. The number of phenols is 1. The molecule has 160 valence electrons. The van der Waals surface area contributed by atoms with E-state index in [9.17, 15) is 9.90 Å². The number of phenolic OH excluding ortho intramolecular Hbond substituents is 1. The lowest BCUT2D eigenvalue weighted by molar-refractivity contribution is 0.386. The highest BCUT2D eigenvalue weighted by molar-refractivity contribution is 6.09. The predicted octanol–water partition coefficient (Wildman–Crippen LogP) is 3.75. The van der Waals surface area contributed by atoms with Crippen LogP contribution in [0.2, 0.25) is 0 Å². The van der Waals surface area contributed by atoms with Crippen LogP contribution in [0.15, 0.2) is 38.6 Å². The van der Waals surface area contributed by atoms with Gasteiger partial charge in [0, 0.05) is 29.2 Å². The van der Waals surface area contributed by atoms with Crippen molar-refractivity contribution in [1.29, 1.82) is 0 Å². The Morgan fingerprint density at radius 3 is 2.74 bits per heavy atom. The summed E-state index contributed by atoms with van der Waals surface area (Å²) in [6.45, 7) is 1.89. The third-order valence-electron chi connectivity index (χ3n) is 6.29. The summed E-state index contributed by atoms with van der Waals surface area (Å²) >= 11 is 0. The summed E-state index contributed by atoms with van der Waals surface area (Å²) in [5.74, 6) is 1.57. The molecule has 2 heterocycles. The Balaban J connectivity index is 1.56. The molecule has 0 bridgehead atoms. The molecule has 0 spiro atoms. The van der Waals surface area contributed by atoms with Crippen LogP contribution in [0.3, 0.4) is 0 Å². The molecule has 2 aliphatic rings. The maximum Gasteiger partial charge on any atom is 0.339 e. The van der Waals surface area contributed by atoms with Crippen LogP contribution in [0.5, 0.6) is 17.2 Å². The molecule has 0 radical (unpaired) electrons. The van der Waals surface area contributed by atoms with Crippen LogP contribution in [0.25, 0.3) is 11.0 Å². The zero-order chi connectivity index (χ0) is 21.7. The average molecular weight is 420 g/mol. The minimum absolute atomic E-state index is 0.0928. The molecule has 7 nitrogen and oxygen atoms in total. The number of hydrogen-bond acceptors (Lipinski definition) is 7. The second-order valence-electron chi connectivity index (χ2n) is 8.04. The van der Waals surface area contributed by atoms with Gasteiger partial charge in [-0.2, -0.15) is 5.10 Å². The van der Waals surface area contributed by atoms with Crippen molar-refractivity contribution in [3.05, 3.63) is 62.5 Å². The van der Waals surface area contributed by atoms with E-state index in [0.717, 1.165) is 41.0 Å². The van der Waals surface area contributed by atoms with Gasteiger partial charge in [-0.1, -0.05) is 0 Å². The summed E-state index contributed by atoms with van der Waals surface area (Å²) in [7, 11) is 3.25. The van der Waals surface area contributed by atoms with Crippen LogP contribution >= 0.6 is 0 Å². The molecule has 31 heavy (non-hydrogen) atoms. The van der Waals surface area contributed by atoms with Gasteiger partial charge < -0.3 is 24.4 Å². The molecule has 1 aliphatic heterocycles. The molecule has 3 aromatic rings. The lowest BCUT2D eigenvalue weighted by atomic mass is 9.92. The fourth-order valence-electron chi connectivity index (χ4n) is 4.80. The first kappa shape index (κ1) is 19.5. The Bertz CT molecular complexity index is 1290. The summed E-state index contributed by atoms with van der Waals surface area (Å²) in [6, 6.07) is 7.43. The van der Waals surface area contributed by atoms with Crippen LogP contribution in [0.4, 0.5) is 0 Å². The van der Waals surface area contributed by atoms with Crippen molar-refractivity contribution in [2.75, 3.05) is 14.2 Å². The van der Waals surface area contributed by atoms with E-state index in [0.29, 0.717) is 40.7 Å². The number of aromatic hydroxyl groups is 1. The lowest BCUT2D eigenvalue weighted by Gasteiger charge is -2.16. The molecule has 2 aromatic carbocycles. The van der Waals surface area contributed by atoms with Gasteiger partial charge in [0.15, 0.2) is 0 Å². The molecule has 0 saturated heterocycles. The number of hydrazone groups is 1. The molecular formula is C24H24N2O5. The molecule has 5 rings (SSSR count). The number of methoxy groups -OCH3 is 2. The van der Waals surface area contributed by atoms with Gasteiger partial charge in [-0.3, -0.25) is 0 Å². The van der Waals surface area contributed by atoms with E-state index >= 15 is 0 Å². The third-order valence-corrected chi connectivity index (χ3v) is 6.29. The minimum Gasteiger partial charge on any atom is -0.506 e. The Labute approximate surface area is 179 Å². The molecule has 2 N–H and O–H groups in total.